The summed E-state index contributed by atoms with van der Waals surface area (Å²) < 4.78 is 0. The number of rotatable bonds is 2. The molecule has 0 radical (unpaired) electrons. The molecule has 1 aromatic heterocycles. The van der Waals surface area contributed by atoms with Gasteiger partial charge in [-0.05, 0) is 32.9 Å². The molecule has 1 rings (SSSR count). The van der Waals surface area contributed by atoms with Crippen molar-refractivity contribution in [2.45, 2.75) is 26.3 Å². The van der Waals surface area contributed by atoms with Crippen LogP contribution < -0.4 is 5.32 Å². The largest absolute Gasteiger partial charge is 0.334 e. The summed E-state index contributed by atoms with van der Waals surface area (Å²) in [6.07, 6.45) is 1.63. The quantitative estimate of drug-likeness (QED) is 0.790. The maximum Gasteiger partial charge on any atom is 0.254 e. The fourth-order valence-electron chi connectivity index (χ4n) is 1.10. The van der Waals surface area contributed by atoms with Crippen molar-refractivity contribution in [3.8, 4) is 6.07 Å². The molecule has 0 aliphatic rings. The van der Waals surface area contributed by atoms with Gasteiger partial charge in [0, 0.05) is 11.9 Å². The van der Waals surface area contributed by atoms with E-state index in [4.69, 9.17) is 5.26 Å². The highest BCUT2D eigenvalue weighted by Gasteiger charge is 2.21. The number of hydrogen-bond acceptors (Lipinski definition) is 3. The number of aryl methyl sites for hydroxylation is 1. The number of nitrogens with zero attached hydrogens (tertiary/aromatic N) is 2. The first-order valence-corrected chi connectivity index (χ1v) is 4.61. The van der Waals surface area contributed by atoms with E-state index in [-0.39, 0.29) is 5.91 Å². The van der Waals surface area contributed by atoms with E-state index >= 15 is 0 Å². The molecule has 1 N–H and O–H groups in total. The van der Waals surface area contributed by atoms with Crippen molar-refractivity contribution in [1.29, 1.82) is 5.26 Å². The summed E-state index contributed by atoms with van der Waals surface area (Å²) in [6, 6.07) is 5.39. The van der Waals surface area contributed by atoms with Crippen LogP contribution in [0.25, 0.3) is 0 Å². The molecule has 1 amide bonds. The highest BCUT2D eigenvalue weighted by atomic mass is 16.1. The van der Waals surface area contributed by atoms with Gasteiger partial charge in [-0.25, -0.2) is 0 Å². The summed E-state index contributed by atoms with van der Waals surface area (Å²) in [7, 11) is 0. The van der Waals surface area contributed by atoms with Gasteiger partial charge in [0.15, 0.2) is 0 Å². The summed E-state index contributed by atoms with van der Waals surface area (Å²) in [5, 5.41) is 11.4. The lowest BCUT2D eigenvalue weighted by Gasteiger charge is -2.17. The summed E-state index contributed by atoms with van der Waals surface area (Å²) in [6.45, 7) is 5.06. The first-order chi connectivity index (χ1) is 6.96. The summed E-state index contributed by atoms with van der Waals surface area (Å²) >= 11 is 0. The van der Waals surface area contributed by atoms with E-state index in [1.807, 2.05) is 6.07 Å². The Balaban J connectivity index is 2.89. The third-order valence-corrected chi connectivity index (χ3v) is 1.96. The lowest BCUT2D eigenvalue weighted by molar-refractivity contribution is 0.0928. The van der Waals surface area contributed by atoms with E-state index in [9.17, 15) is 4.79 Å². The van der Waals surface area contributed by atoms with Crippen LogP contribution in [-0.2, 0) is 0 Å². The van der Waals surface area contributed by atoms with Crippen LogP contribution in [-0.4, -0.2) is 16.4 Å². The van der Waals surface area contributed by atoms with Crippen molar-refractivity contribution in [3.05, 3.63) is 29.6 Å². The smallest absolute Gasteiger partial charge is 0.254 e. The molecule has 4 heteroatoms. The van der Waals surface area contributed by atoms with E-state index in [0.29, 0.717) is 11.3 Å². The molecule has 1 heterocycles. The lowest BCUT2D eigenvalue weighted by atomic mass is 10.1. The highest BCUT2D eigenvalue weighted by Crippen LogP contribution is 2.06. The predicted molar refractivity (Wildman–Crippen MR) is 56.1 cm³/mol. The second-order valence-corrected chi connectivity index (χ2v) is 3.83. The van der Waals surface area contributed by atoms with E-state index in [2.05, 4.69) is 10.3 Å². The zero-order chi connectivity index (χ0) is 11.5. The van der Waals surface area contributed by atoms with Crippen molar-refractivity contribution < 1.29 is 4.79 Å². The first kappa shape index (κ1) is 11.2. The van der Waals surface area contributed by atoms with Gasteiger partial charge in [-0.1, -0.05) is 0 Å². The maximum atomic E-state index is 11.7. The number of carbonyl (C=O) groups is 1. The minimum Gasteiger partial charge on any atom is -0.334 e. The molecule has 78 valence electrons. The molecule has 0 aromatic carbocycles. The fraction of sp³-hybridized carbons (Fsp3) is 0.364. The minimum atomic E-state index is -0.862. The van der Waals surface area contributed by atoms with E-state index in [1.54, 1.807) is 39.1 Å². The average molecular weight is 203 g/mol. The highest BCUT2D eigenvalue weighted by molar-refractivity contribution is 5.95. The zero-order valence-corrected chi connectivity index (χ0v) is 9.03. The SMILES string of the molecule is Cc1ncccc1C(=O)NC(C)(C)C#N. The molecule has 4 nitrogen and oxygen atoms in total. The Bertz CT molecular complexity index is 418. The third-order valence-electron chi connectivity index (χ3n) is 1.96. The number of nitrogens with one attached hydrogen (secondary N) is 1. The molecule has 0 aliphatic heterocycles. The number of carbonyl (C=O) groups excluding carboxylic acids is 1. The lowest BCUT2D eigenvalue weighted by Crippen LogP contribution is -2.42. The molecule has 0 atom stereocenters. The zero-order valence-electron chi connectivity index (χ0n) is 9.03. The molecule has 0 saturated carbocycles. The van der Waals surface area contributed by atoms with Crippen LogP contribution in [0.2, 0.25) is 0 Å². The van der Waals surface area contributed by atoms with Gasteiger partial charge in [0.25, 0.3) is 5.91 Å². The van der Waals surface area contributed by atoms with Crippen molar-refractivity contribution >= 4 is 5.91 Å². The number of amides is 1. The molecule has 0 saturated heterocycles. The van der Waals surface area contributed by atoms with Gasteiger partial charge in [0.2, 0.25) is 0 Å². The third kappa shape index (κ3) is 2.78. The number of nitriles is 1. The van der Waals surface area contributed by atoms with Crippen LogP contribution in [0.15, 0.2) is 18.3 Å². The summed E-state index contributed by atoms with van der Waals surface area (Å²) in [5.74, 6) is -0.271. The van der Waals surface area contributed by atoms with Crippen LogP contribution >= 0.6 is 0 Å². The van der Waals surface area contributed by atoms with E-state index in [0.717, 1.165) is 0 Å². The monoisotopic (exact) mass is 203 g/mol. The molecule has 0 spiro atoms. The molecule has 0 fully saturated rings. The van der Waals surface area contributed by atoms with E-state index < -0.39 is 5.54 Å². The summed E-state index contributed by atoms with van der Waals surface area (Å²) in [5.41, 5.74) is 0.295. The van der Waals surface area contributed by atoms with Crippen LogP contribution in [0.4, 0.5) is 0 Å². The first-order valence-electron chi connectivity index (χ1n) is 4.61. The van der Waals surface area contributed by atoms with Crippen molar-refractivity contribution in [1.82, 2.24) is 10.3 Å². The molecule has 1 aromatic rings. The summed E-state index contributed by atoms with van der Waals surface area (Å²) in [4.78, 5) is 15.8. The number of aromatic nitrogens is 1. The fourth-order valence-corrected chi connectivity index (χ4v) is 1.10. The van der Waals surface area contributed by atoms with Gasteiger partial charge in [0.05, 0.1) is 11.6 Å². The second kappa shape index (κ2) is 4.09. The normalized spacial score (nSPS) is 10.5. The average Bonchev–Trinajstić information content (AvgIpc) is 2.17. The van der Waals surface area contributed by atoms with Crippen LogP contribution in [0, 0.1) is 18.3 Å². The van der Waals surface area contributed by atoms with Gasteiger partial charge in [-0.15, -0.1) is 0 Å². The number of hydrogen-bond donors (Lipinski definition) is 1. The maximum absolute atomic E-state index is 11.7. The topological polar surface area (TPSA) is 65.8 Å². The van der Waals surface area contributed by atoms with Gasteiger partial charge < -0.3 is 5.32 Å². The Morgan fingerprint density at radius 2 is 2.27 bits per heavy atom. The molecule has 0 bridgehead atoms. The van der Waals surface area contributed by atoms with Crippen LogP contribution in [0.3, 0.4) is 0 Å². The molecule has 15 heavy (non-hydrogen) atoms. The standard InChI is InChI=1S/C11H13N3O/c1-8-9(5-4-6-13-8)10(15)14-11(2,3)7-12/h4-6H,1-3H3,(H,14,15). The van der Waals surface area contributed by atoms with Crippen LogP contribution in [0.1, 0.15) is 29.9 Å². The van der Waals surface area contributed by atoms with E-state index in [1.165, 1.54) is 0 Å². The molecular weight excluding hydrogens is 190 g/mol. The van der Waals surface area contributed by atoms with Crippen molar-refractivity contribution in [2.24, 2.45) is 0 Å². The molecular formula is C11H13N3O. The Morgan fingerprint density at radius 3 is 2.80 bits per heavy atom. The second-order valence-electron chi connectivity index (χ2n) is 3.83. The van der Waals surface area contributed by atoms with Crippen LogP contribution in [0.5, 0.6) is 0 Å². The van der Waals surface area contributed by atoms with Gasteiger partial charge in [-0.2, -0.15) is 5.26 Å². The number of pyridine rings is 1. The Labute approximate surface area is 88.9 Å². The van der Waals surface area contributed by atoms with Crippen molar-refractivity contribution in [3.63, 3.8) is 0 Å². The Kier molecular flexibility index (Phi) is 3.05. The van der Waals surface area contributed by atoms with Gasteiger partial charge >= 0.3 is 0 Å². The molecule has 0 aliphatic carbocycles. The molecule has 0 unspecified atom stereocenters. The van der Waals surface area contributed by atoms with Gasteiger partial charge in [-0.3, -0.25) is 9.78 Å². The van der Waals surface area contributed by atoms with Gasteiger partial charge in [0.1, 0.15) is 5.54 Å². The Hall–Kier alpha value is -1.89. The minimum absolute atomic E-state index is 0.271. The van der Waals surface area contributed by atoms with Crippen molar-refractivity contribution in [2.75, 3.05) is 0 Å². The Morgan fingerprint density at radius 1 is 1.60 bits per heavy atom. The predicted octanol–water partition coefficient (Wildman–Crippen LogP) is 1.42.